The van der Waals surface area contributed by atoms with Gasteiger partial charge in [0.05, 0.1) is 0 Å². The highest BCUT2D eigenvalue weighted by Crippen LogP contribution is 2.26. The van der Waals surface area contributed by atoms with Gasteiger partial charge in [-0.05, 0) is 6.42 Å². The summed E-state index contributed by atoms with van der Waals surface area (Å²) in [7, 11) is 1.75. The first kappa shape index (κ1) is 15.0. The molecule has 2 rings (SSSR count). The lowest BCUT2D eigenvalue weighted by Crippen LogP contribution is -2.39. The molecule has 1 unspecified atom stereocenters. The maximum Gasteiger partial charge on any atom is 0.229 e. The summed E-state index contributed by atoms with van der Waals surface area (Å²) in [5.74, 6) is 0.345. The lowest BCUT2D eigenvalue weighted by atomic mass is 9.96. The van der Waals surface area contributed by atoms with E-state index < -0.39 is 0 Å². The van der Waals surface area contributed by atoms with Gasteiger partial charge < -0.3 is 10.2 Å². The standard InChI is InChI=1S/C12H16N4O2S2/c1-3-6-19-12-15-14-11(20-12)13-10(18)8-4-5-16(2)9(17)7-8/h3,8H,1,4-7H2,2H3,(H,13,14,18). The smallest absolute Gasteiger partial charge is 0.229 e. The normalized spacial score (nSPS) is 18.9. The van der Waals surface area contributed by atoms with Gasteiger partial charge in [0.2, 0.25) is 16.9 Å². The monoisotopic (exact) mass is 312 g/mol. The van der Waals surface area contributed by atoms with Crippen molar-refractivity contribution in [2.24, 2.45) is 5.92 Å². The van der Waals surface area contributed by atoms with E-state index in [0.717, 1.165) is 10.1 Å². The Kier molecular flexibility index (Phi) is 5.13. The largest absolute Gasteiger partial charge is 0.346 e. The summed E-state index contributed by atoms with van der Waals surface area (Å²) in [6.45, 7) is 4.25. The number of hydrogen-bond acceptors (Lipinski definition) is 6. The van der Waals surface area contributed by atoms with Gasteiger partial charge in [-0.15, -0.1) is 16.8 Å². The van der Waals surface area contributed by atoms with E-state index in [9.17, 15) is 9.59 Å². The predicted octanol–water partition coefficient (Wildman–Crippen LogP) is 1.62. The number of nitrogens with zero attached hydrogens (tertiary/aromatic N) is 3. The van der Waals surface area contributed by atoms with Gasteiger partial charge in [0, 0.05) is 31.7 Å². The van der Waals surface area contributed by atoms with Crippen LogP contribution in [-0.4, -0.2) is 46.3 Å². The van der Waals surface area contributed by atoms with E-state index >= 15 is 0 Å². The van der Waals surface area contributed by atoms with E-state index in [0.29, 0.717) is 18.1 Å². The second kappa shape index (κ2) is 6.85. The average molecular weight is 312 g/mol. The van der Waals surface area contributed by atoms with Crippen LogP contribution in [0.15, 0.2) is 17.0 Å². The molecule has 1 saturated heterocycles. The lowest BCUT2D eigenvalue weighted by Gasteiger charge is -2.27. The molecule has 1 aliphatic rings. The predicted molar refractivity (Wildman–Crippen MR) is 79.8 cm³/mol. The van der Waals surface area contributed by atoms with Crippen molar-refractivity contribution in [1.82, 2.24) is 15.1 Å². The molecule has 1 aromatic heterocycles. The SMILES string of the molecule is C=CCSc1nnc(NC(=O)C2CCN(C)C(=O)C2)s1. The van der Waals surface area contributed by atoms with Gasteiger partial charge in [-0.2, -0.15) is 0 Å². The van der Waals surface area contributed by atoms with Crippen LogP contribution < -0.4 is 5.32 Å². The van der Waals surface area contributed by atoms with E-state index in [4.69, 9.17) is 0 Å². The van der Waals surface area contributed by atoms with E-state index in [2.05, 4.69) is 22.1 Å². The molecule has 108 valence electrons. The van der Waals surface area contributed by atoms with Crippen LogP contribution in [0.3, 0.4) is 0 Å². The van der Waals surface area contributed by atoms with Gasteiger partial charge in [0.15, 0.2) is 4.34 Å². The number of carbonyl (C=O) groups is 2. The van der Waals surface area contributed by atoms with Gasteiger partial charge in [-0.3, -0.25) is 9.59 Å². The number of amides is 2. The van der Waals surface area contributed by atoms with Gasteiger partial charge in [-0.25, -0.2) is 0 Å². The first-order valence-electron chi connectivity index (χ1n) is 6.22. The Bertz CT molecular complexity index is 517. The summed E-state index contributed by atoms with van der Waals surface area (Å²) in [6.07, 6.45) is 2.73. The van der Waals surface area contributed by atoms with Gasteiger partial charge >= 0.3 is 0 Å². The zero-order valence-electron chi connectivity index (χ0n) is 11.2. The quantitative estimate of drug-likeness (QED) is 0.508. The molecular formula is C12H16N4O2S2. The van der Waals surface area contributed by atoms with Crippen molar-refractivity contribution in [3.05, 3.63) is 12.7 Å². The van der Waals surface area contributed by atoms with Crippen LogP contribution in [-0.2, 0) is 9.59 Å². The van der Waals surface area contributed by atoms with E-state index in [1.165, 1.54) is 23.1 Å². The number of carbonyl (C=O) groups excluding carboxylic acids is 2. The number of nitrogens with one attached hydrogen (secondary N) is 1. The Balaban J connectivity index is 1.89. The fourth-order valence-electron chi connectivity index (χ4n) is 1.82. The number of anilines is 1. The molecule has 20 heavy (non-hydrogen) atoms. The van der Waals surface area contributed by atoms with Crippen LogP contribution >= 0.6 is 23.1 Å². The Morgan fingerprint density at radius 1 is 1.65 bits per heavy atom. The summed E-state index contributed by atoms with van der Waals surface area (Å²) >= 11 is 2.85. The maximum absolute atomic E-state index is 12.1. The van der Waals surface area contributed by atoms with Gasteiger partial charge in [0.25, 0.3) is 0 Å². The van der Waals surface area contributed by atoms with Gasteiger partial charge in [-0.1, -0.05) is 29.2 Å². The summed E-state index contributed by atoms with van der Waals surface area (Å²) in [6, 6.07) is 0. The second-order valence-electron chi connectivity index (χ2n) is 4.47. The Morgan fingerprint density at radius 2 is 2.45 bits per heavy atom. The zero-order valence-corrected chi connectivity index (χ0v) is 12.8. The molecule has 0 radical (unpaired) electrons. The highest BCUT2D eigenvalue weighted by Gasteiger charge is 2.29. The van der Waals surface area contributed by atoms with Crippen molar-refractivity contribution in [3.8, 4) is 0 Å². The molecule has 1 aromatic rings. The van der Waals surface area contributed by atoms with Gasteiger partial charge in [0.1, 0.15) is 0 Å². The molecule has 6 nitrogen and oxygen atoms in total. The number of rotatable bonds is 5. The van der Waals surface area contributed by atoms with E-state index in [-0.39, 0.29) is 24.2 Å². The summed E-state index contributed by atoms with van der Waals surface area (Å²) < 4.78 is 0.791. The molecule has 2 amide bonds. The summed E-state index contributed by atoms with van der Waals surface area (Å²) in [4.78, 5) is 25.3. The Labute approximate surface area is 125 Å². The van der Waals surface area contributed by atoms with E-state index in [1.807, 2.05) is 0 Å². The first-order valence-corrected chi connectivity index (χ1v) is 8.02. The van der Waals surface area contributed by atoms with Crippen LogP contribution in [0.5, 0.6) is 0 Å². The minimum Gasteiger partial charge on any atom is -0.346 e. The number of piperidine rings is 1. The number of likely N-dealkylation sites (tertiary alicyclic amines) is 1. The highest BCUT2D eigenvalue weighted by molar-refractivity contribution is 8.01. The molecule has 0 saturated carbocycles. The van der Waals surface area contributed by atoms with Crippen molar-refractivity contribution in [3.63, 3.8) is 0 Å². The van der Waals surface area contributed by atoms with Crippen LogP contribution in [0.2, 0.25) is 0 Å². The third-order valence-corrected chi connectivity index (χ3v) is 4.96. The third-order valence-electron chi connectivity index (χ3n) is 2.99. The molecule has 8 heteroatoms. The summed E-state index contributed by atoms with van der Waals surface area (Å²) in [5.41, 5.74) is 0. The topological polar surface area (TPSA) is 75.2 Å². The zero-order chi connectivity index (χ0) is 14.5. The van der Waals surface area contributed by atoms with Crippen LogP contribution in [0, 0.1) is 5.92 Å². The lowest BCUT2D eigenvalue weighted by molar-refractivity contribution is -0.137. The third kappa shape index (κ3) is 3.80. The molecule has 1 aliphatic heterocycles. The average Bonchev–Trinajstić information content (AvgIpc) is 2.87. The minimum absolute atomic E-state index is 0.0101. The van der Waals surface area contributed by atoms with Crippen molar-refractivity contribution in [2.75, 3.05) is 24.7 Å². The number of hydrogen-bond donors (Lipinski definition) is 1. The molecule has 0 bridgehead atoms. The molecule has 1 N–H and O–H groups in total. The minimum atomic E-state index is -0.271. The highest BCUT2D eigenvalue weighted by atomic mass is 32.2. The molecule has 1 fully saturated rings. The van der Waals surface area contributed by atoms with Crippen LogP contribution in [0.25, 0.3) is 0 Å². The fourth-order valence-corrected chi connectivity index (χ4v) is 3.34. The van der Waals surface area contributed by atoms with E-state index in [1.54, 1.807) is 18.0 Å². The molecule has 1 atom stereocenters. The van der Waals surface area contributed by atoms with Crippen LogP contribution in [0.1, 0.15) is 12.8 Å². The van der Waals surface area contributed by atoms with Crippen molar-refractivity contribution in [2.45, 2.75) is 17.2 Å². The molecule has 0 aromatic carbocycles. The molecule has 0 spiro atoms. The molecular weight excluding hydrogens is 296 g/mol. The number of aromatic nitrogens is 2. The van der Waals surface area contributed by atoms with Crippen LogP contribution in [0.4, 0.5) is 5.13 Å². The second-order valence-corrected chi connectivity index (χ2v) is 6.71. The van der Waals surface area contributed by atoms with Crippen molar-refractivity contribution < 1.29 is 9.59 Å². The number of thioether (sulfide) groups is 1. The molecule has 2 heterocycles. The Morgan fingerprint density at radius 3 is 3.15 bits per heavy atom. The Hall–Kier alpha value is -1.41. The fraction of sp³-hybridized carbons (Fsp3) is 0.500. The maximum atomic E-state index is 12.1. The molecule has 0 aliphatic carbocycles. The van der Waals surface area contributed by atoms with Crippen molar-refractivity contribution in [1.29, 1.82) is 0 Å². The summed E-state index contributed by atoms with van der Waals surface area (Å²) in [5, 5.41) is 11.1. The first-order chi connectivity index (χ1) is 9.60. The van der Waals surface area contributed by atoms with Crippen molar-refractivity contribution >= 4 is 40.0 Å².